The zero-order valence-corrected chi connectivity index (χ0v) is 33.2. The van der Waals surface area contributed by atoms with Crippen molar-refractivity contribution in [1.29, 1.82) is 0 Å². The number of fused-ring (bicyclic) bond motifs is 2. The lowest BCUT2D eigenvalue weighted by molar-refractivity contribution is -0.139. The number of piperidine rings is 1. The number of unbranched alkanes of at least 4 members (excludes halogenated alkanes) is 1. The number of anilines is 1. The number of benzene rings is 3. The van der Waals surface area contributed by atoms with Gasteiger partial charge >= 0.3 is 0 Å². The van der Waals surface area contributed by atoms with E-state index in [1.165, 1.54) is 4.90 Å². The van der Waals surface area contributed by atoms with Crippen LogP contribution in [0.3, 0.4) is 0 Å². The molecule has 11 nitrogen and oxygen atoms in total. The molecule has 4 aliphatic rings. The Hall–Kier alpha value is -5.94. The van der Waals surface area contributed by atoms with Crippen molar-refractivity contribution in [3.8, 4) is 23.0 Å². The molecule has 1 aliphatic carbocycles. The number of nitrogens with one attached hydrogen (secondary N) is 2. The van der Waals surface area contributed by atoms with E-state index in [0.29, 0.717) is 62.0 Å². The maximum atomic E-state index is 14.1. The molecule has 14 heteroatoms. The smallest absolute Gasteiger partial charge is 0.255 e. The first-order valence-corrected chi connectivity index (χ1v) is 20.5. The minimum atomic E-state index is -2.66. The molecule has 4 heterocycles. The van der Waals surface area contributed by atoms with Crippen molar-refractivity contribution >= 4 is 63.3 Å². The van der Waals surface area contributed by atoms with E-state index >= 15 is 0 Å². The number of hydrogen-bond acceptors (Lipinski definition) is 6. The summed E-state index contributed by atoms with van der Waals surface area (Å²) in [5.41, 5.74) is 11.9. The Morgan fingerprint density at radius 1 is 0.983 bits per heavy atom. The molecule has 1 aromatic heterocycles. The van der Waals surface area contributed by atoms with Gasteiger partial charge in [0.2, 0.25) is 29.6 Å². The molecule has 0 radical (unpaired) electrons. The van der Waals surface area contributed by atoms with Gasteiger partial charge in [0.05, 0.1) is 5.52 Å². The van der Waals surface area contributed by atoms with Crippen LogP contribution in [-0.4, -0.2) is 73.9 Å². The Morgan fingerprint density at radius 3 is 2.53 bits per heavy atom. The van der Waals surface area contributed by atoms with Gasteiger partial charge in [0, 0.05) is 110 Å². The summed E-state index contributed by atoms with van der Waals surface area (Å²) >= 11 is 5.21. The van der Waals surface area contributed by atoms with E-state index in [0.717, 1.165) is 33.2 Å². The van der Waals surface area contributed by atoms with E-state index in [-0.39, 0.29) is 79.2 Å². The summed E-state index contributed by atoms with van der Waals surface area (Å²) in [6, 6.07) is 17.8. The third-order valence-corrected chi connectivity index (χ3v) is 12.2. The normalized spacial score (nSPS) is 19.2. The third-order valence-electron chi connectivity index (χ3n) is 11.9. The second kappa shape index (κ2) is 16.4. The van der Waals surface area contributed by atoms with E-state index in [4.69, 9.17) is 18.0 Å². The number of carbonyl (C=O) groups is 5. The lowest BCUT2D eigenvalue weighted by Crippen LogP contribution is -2.52. The predicted molar refractivity (Wildman–Crippen MR) is 222 cm³/mol. The molecule has 2 saturated heterocycles. The maximum Gasteiger partial charge on any atom is 0.255 e. The topological polar surface area (TPSA) is 147 Å². The summed E-state index contributed by atoms with van der Waals surface area (Å²) in [5.74, 6) is 2.45. The second-order valence-corrected chi connectivity index (χ2v) is 16.5. The summed E-state index contributed by atoms with van der Waals surface area (Å²) in [6.07, 6.45) is 4.45. The van der Waals surface area contributed by atoms with Gasteiger partial charge in [-0.05, 0) is 67.1 Å². The number of imide groups is 1. The molecular formula is C45H44F2N6O5S. The molecule has 3 aromatic carbocycles. The zero-order chi connectivity index (χ0) is 41.4. The molecule has 0 spiro atoms. The molecule has 1 unspecified atom stereocenters. The average Bonchev–Trinajstić information content (AvgIpc) is 3.73. The van der Waals surface area contributed by atoms with Crippen LogP contribution in [0.25, 0.3) is 22.0 Å². The average molecular weight is 819 g/mol. The van der Waals surface area contributed by atoms with Crippen LogP contribution in [-0.2, 0) is 25.7 Å². The van der Waals surface area contributed by atoms with Crippen molar-refractivity contribution in [3.63, 3.8) is 0 Å². The minimum absolute atomic E-state index is 0.0101. The Morgan fingerprint density at radius 2 is 1.76 bits per heavy atom. The highest BCUT2D eigenvalue weighted by atomic mass is 32.1. The van der Waals surface area contributed by atoms with Crippen LogP contribution in [0, 0.1) is 17.8 Å². The predicted octanol–water partition coefficient (Wildman–Crippen LogP) is 6.46. The van der Waals surface area contributed by atoms with Gasteiger partial charge in [-0.15, -0.1) is 0 Å². The highest BCUT2D eigenvalue weighted by molar-refractivity contribution is 7.80. The Balaban J connectivity index is 0.833. The van der Waals surface area contributed by atoms with Gasteiger partial charge in [0.1, 0.15) is 11.0 Å². The van der Waals surface area contributed by atoms with Crippen molar-refractivity contribution in [3.05, 3.63) is 89.1 Å². The second-order valence-electron chi connectivity index (χ2n) is 16.0. The van der Waals surface area contributed by atoms with Gasteiger partial charge in [0.25, 0.3) is 5.91 Å². The molecule has 4 aromatic rings. The SMILES string of the molecule is NC(=S)c1cccc(-c2cn(C3CCC(F)(F)CC3)c3cc(NC(=O)CC4CN(C(=O)CCCC#Cc5cccc6c5CN(C5CCC(=O)NC5=O)C6=O)C4)ccc23)c1. The van der Waals surface area contributed by atoms with Gasteiger partial charge in [-0.25, -0.2) is 8.78 Å². The fourth-order valence-electron chi connectivity index (χ4n) is 8.73. The summed E-state index contributed by atoms with van der Waals surface area (Å²) in [7, 11) is 0. The van der Waals surface area contributed by atoms with E-state index in [1.807, 2.05) is 54.7 Å². The van der Waals surface area contributed by atoms with E-state index in [2.05, 4.69) is 27.0 Å². The summed E-state index contributed by atoms with van der Waals surface area (Å²) in [5, 5.41) is 6.26. The van der Waals surface area contributed by atoms with Crippen molar-refractivity contribution in [2.45, 2.75) is 88.8 Å². The van der Waals surface area contributed by atoms with Crippen LogP contribution < -0.4 is 16.4 Å². The molecule has 304 valence electrons. The highest BCUT2D eigenvalue weighted by Gasteiger charge is 2.40. The lowest BCUT2D eigenvalue weighted by Gasteiger charge is -2.39. The first-order valence-electron chi connectivity index (χ1n) is 20.1. The fraction of sp³-hybridized carbons (Fsp3) is 0.378. The highest BCUT2D eigenvalue weighted by Crippen LogP contribution is 2.42. The largest absolute Gasteiger partial charge is 0.389 e. The number of halogens is 2. The Kier molecular flexibility index (Phi) is 11.1. The van der Waals surface area contributed by atoms with Crippen LogP contribution in [0.15, 0.2) is 66.9 Å². The Bertz CT molecular complexity index is 2450. The van der Waals surface area contributed by atoms with Crippen molar-refractivity contribution in [1.82, 2.24) is 19.7 Å². The first kappa shape index (κ1) is 39.9. The van der Waals surface area contributed by atoms with Crippen LogP contribution in [0.1, 0.15) is 97.3 Å². The van der Waals surface area contributed by atoms with E-state index in [1.54, 1.807) is 17.0 Å². The van der Waals surface area contributed by atoms with E-state index < -0.39 is 17.9 Å². The monoisotopic (exact) mass is 818 g/mol. The van der Waals surface area contributed by atoms with E-state index in [9.17, 15) is 32.8 Å². The third kappa shape index (κ3) is 8.48. The van der Waals surface area contributed by atoms with Crippen LogP contribution >= 0.6 is 12.2 Å². The molecule has 1 atom stereocenters. The molecule has 4 N–H and O–H groups in total. The number of alkyl halides is 2. The van der Waals surface area contributed by atoms with Gasteiger partial charge in [0.15, 0.2) is 0 Å². The number of nitrogens with zero attached hydrogens (tertiary/aromatic N) is 3. The van der Waals surface area contributed by atoms with Gasteiger partial charge in [-0.3, -0.25) is 29.3 Å². The molecule has 1 saturated carbocycles. The number of likely N-dealkylation sites (tertiary alicyclic amines) is 1. The number of hydrogen-bond donors (Lipinski definition) is 3. The zero-order valence-electron chi connectivity index (χ0n) is 32.4. The fourth-order valence-corrected chi connectivity index (χ4v) is 8.85. The molecular weight excluding hydrogens is 775 g/mol. The number of nitrogens with two attached hydrogens (primary N) is 1. The van der Waals surface area contributed by atoms with Crippen molar-refractivity contribution in [2.75, 3.05) is 18.4 Å². The standard InChI is InChI=1S/C45H44F2N6O5S/c46-45(47)18-16-32(17-19-45)52-25-36(29-8-4-9-30(21-29)42(48)59)33-13-12-31(22-38(33)52)49-40(55)20-27-23-51(24-27)41(56)11-3-1-2-6-28-7-5-10-34-35(28)26-53(44(34)58)37-14-15-39(54)50-43(37)57/h4-5,7-10,12-13,21-22,25,27,32,37H,1,3,11,14-20,23-24,26H2,(H2,48,59)(H,49,55)(H,50,54,57). The molecule has 3 aliphatic heterocycles. The summed E-state index contributed by atoms with van der Waals surface area (Å²) in [4.78, 5) is 66.7. The van der Waals surface area contributed by atoms with Crippen molar-refractivity contribution < 1.29 is 32.8 Å². The lowest BCUT2D eigenvalue weighted by atomic mass is 9.92. The van der Waals surface area contributed by atoms with Gasteiger partial charge < -0.3 is 25.4 Å². The van der Waals surface area contributed by atoms with Gasteiger partial charge in [-0.1, -0.05) is 54.4 Å². The molecule has 59 heavy (non-hydrogen) atoms. The molecule has 0 bridgehead atoms. The van der Waals surface area contributed by atoms with Crippen LogP contribution in [0.4, 0.5) is 14.5 Å². The minimum Gasteiger partial charge on any atom is -0.389 e. The number of thiocarbonyl (C=S) groups is 1. The number of aromatic nitrogens is 1. The van der Waals surface area contributed by atoms with Crippen molar-refractivity contribution in [2.24, 2.45) is 11.7 Å². The molecule has 8 rings (SSSR count). The van der Waals surface area contributed by atoms with Gasteiger partial charge in [-0.2, -0.15) is 0 Å². The molecule has 3 fully saturated rings. The van der Waals surface area contributed by atoms with Crippen LogP contribution in [0.2, 0.25) is 0 Å². The summed E-state index contributed by atoms with van der Waals surface area (Å²) in [6.45, 7) is 1.24. The maximum absolute atomic E-state index is 14.1. The van der Waals surface area contributed by atoms with Crippen LogP contribution in [0.5, 0.6) is 0 Å². The first-order chi connectivity index (χ1) is 28.3. The number of rotatable bonds is 10. The summed E-state index contributed by atoms with van der Waals surface area (Å²) < 4.78 is 30.3. The number of carbonyl (C=O) groups excluding carboxylic acids is 5. The quantitative estimate of drug-likeness (QED) is 0.0721. The number of amides is 5. The molecule has 5 amide bonds. The Labute approximate surface area is 345 Å².